The van der Waals surface area contributed by atoms with Gasteiger partial charge in [-0.2, -0.15) is 18.3 Å². The summed E-state index contributed by atoms with van der Waals surface area (Å²) in [7, 11) is 2.66. The van der Waals surface area contributed by atoms with Crippen molar-refractivity contribution in [3.05, 3.63) is 70.0 Å². The molecule has 1 aliphatic carbocycles. The fourth-order valence-electron chi connectivity index (χ4n) is 4.97. The van der Waals surface area contributed by atoms with Gasteiger partial charge >= 0.3 is 6.18 Å². The van der Waals surface area contributed by atoms with E-state index in [4.69, 9.17) is 21.1 Å². The first-order chi connectivity index (χ1) is 22.2. The number of fused-ring (bicyclic) bond motifs is 1. The topological polar surface area (TPSA) is 128 Å². The SMILES string of the molecule is CCOc1c(CC(=O)NC)cc([C@@](O)(CNC(=O)c2cc(OC)c3nn(C4CC4)cc3c2)C(F)(F)F)nc1-c1ccc(F)c(F)c1Cl. The van der Waals surface area contributed by atoms with E-state index in [1.54, 1.807) is 17.8 Å². The number of nitrogens with zero attached hydrogens (tertiary/aromatic N) is 3. The van der Waals surface area contributed by atoms with Crippen LogP contribution in [0.15, 0.2) is 36.5 Å². The Kier molecular flexibility index (Phi) is 9.33. The highest BCUT2D eigenvalue weighted by molar-refractivity contribution is 6.33. The maximum Gasteiger partial charge on any atom is 0.424 e. The van der Waals surface area contributed by atoms with E-state index in [0.717, 1.165) is 25.0 Å². The van der Waals surface area contributed by atoms with Gasteiger partial charge in [-0.3, -0.25) is 14.3 Å². The van der Waals surface area contributed by atoms with Gasteiger partial charge in [-0.15, -0.1) is 0 Å². The number of amides is 2. The van der Waals surface area contributed by atoms with Gasteiger partial charge in [0.05, 0.1) is 43.4 Å². The molecule has 1 saturated carbocycles. The highest BCUT2D eigenvalue weighted by Gasteiger charge is 2.57. The van der Waals surface area contributed by atoms with Gasteiger partial charge in [0.25, 0.3) is 5.91 Å². The number of hydrogen-bond donors (Lipinski definition) is 3. The molecule has 0 saturated heterocycles. The Balaban J connectivity index is 1.59. The number of ether oxygens (including phenoxy) is 2. The lowest BCUT2D eigenvalue weighted by molar-refractivity contribution is -0.265. The minimum absolute atomic E-state index is 0.0663. The molecule has 2 heterocycles. The molecule has 0 aliphatic heterocycles. The van der Waals surface area contributed by atoms with Crippen LogP contribution < -0.4 is 20.1 Å². The number of carbonyl (C=O) groups is 2. The van der Waals surface area contributed by atoms with Crippen molar-refractivity contribution >= 4 is 34.3 Å². The van der Waals surface area contributed by atoms with Crippen molar-refractivity contribution in [3.63, 3.8) is 0 Å². The van der Waals surface area contributed by atoms with E-state index in [1.807, 2.05) is 0 Å². The lowest BCUT2D eigenvalue weighted by Crippen LogP contribution is -2.51. The van der Waals surface area contributed by atoms with Crippen LogP contribution in [0.25, 0.3) is 22.2 Å². The maximum atomic E-state index is 14.8. The van der Waals surface area contributed by atoms with Crippen molar-refractivity contribution in [2.75, 3.05) is 27.3 Å². The van der Waals surface area contributed by atoms with Crippen LogP contribution in [0.4, 0.5) is 22.0 Å². The molecule has 2 aromatic carbocycles. The van der Waals surface area contributed by atoms with Crippen LogP contribution in [0, 0.1) is 11.6 Å². The van der Waals surface area contributed by atoms with Crippen molar-refractivity contribution in [2.24, 2.45) is 0 Å². The maximum absolute atomic E-state index is 14.8. The first-order valence-corrected chi connectivity index (χ1v) is 14.8. The standard InChI is InChI=1S/C31H29ClF5N5O5/c1-4-47-28-15(12-23(43)38-2)11-22(40-27(28)19-7-8-20(33)25(34)24(19)32)30(45,31(35,36)37)14-39-29(44)16-9-17-13-42(18-5-6-18)41-26(17)21(10-16)46-3/h7-11,13,18,45H,4-6,12,14H2,1-3H3,(H,38,43)(H,39,44)/t30-/m0/s1. The Morgan fingerprint density at radius 1 is 1.17 bits per heavy atom. The summed E-state index contributed by atoms with van der Waals surface area (Å²) in [5.41, 5.74) is -5.56. The Hall–Kier alpha value is -4.50. The van der Waals surface area contributed by atoms with Crippen LogP contribution >= 0.6 is 11.6 Å². The summed E-state index contributed by atoms with van der Waals surface area (Å²) in [6.07, 6.45) is -2.42. The molecule has 47 heavy (non-hydrogen) atoms. The normalized spacial score (nSPS) is 14.5. The van der Waals surface area contributed by atoms with E-state index in [1.165, 1.54) is 26.3 Å². The van der Waals surface area contributed by atoms with Gasteiger partial charge in [-0.1, -0.05) is 11.6 Å². The third kappa shape index (κ3) is 6.54. The second-order valence-electron chi connectivity index (χ2n) is 10.8. The molecule has 0 unspecified atom stereocenters. The number of benzene rings is 2. The zero-order valence-electron chi connectivity index (χ0n) is 25.3. The average Bonchev–Trinajstić information content (AvgIpc) is 3.80. The minimum Gasteiger partial charge on any atom is -0.494 e. The number of likely N-dealkylation sites (N-methyl/N-ethyl adjacent to an activating group) is 1. The molecule has 0 radical (unpaired) electrons. The molecule has 0 bridgehead atoms. The lowest BCUT2D eigenvalue weighted by atomic mass is 9.93. The van der Waals surface area contributed by atoms with Crippen molar-refractivity contribution in [1.82, 2.24) is 25.4 Å². The third-order valence-electron chi connectivity index (χ3n) is 7.65. The second-order valence-corrected chi connectivity index (χ2v) is 11.2. The summed E-state index contributed by atoms with van der Waals surface area (Å²) in [5, 5.41) is 19.9. The number of carbonyl (C=O) groups excluding carboxylic acids is 2. The van der Waals surface area contributed by atoms with E-state index in [0.29, 0.717) is 17.0 Å². The molecule has 250 valence electrons. The van der Waals surface area contributed by atoms with Gasteiger partial charge in [-0.05, 0) is 50.1 Å². The molecule has 1 atom stereocenters. The fourth-order valence-corrected chi connectivity index (χ4v) is 5.21. The molecular weight excluding hydrogens is 653 g/mol. The highest BCUT2D eigenvalue weighted by atomic mass is 35.5. The van der Waals surface area contributed by atoms with Crippen LogP contribution in [0.5, 0.6) is 11.5 Å². The predicted octanol–water partition coefficient (Wildman–Crippen LogP) is 5.24. The van der Waals surface area contributed by atoms with Gasteiger partial charge in [-0.25, -0.2) is 13.8 Å². The summed E-state index contributed by atoms with van der Waals surface area (Å²) in [6.45, 7) is 0.0461. The van der Waals surface area contributed by atoms with Crippen molar-refractivity contribution in [1.29, 1.82) is 0 Å². The number of methoxy groups -OCH3 is 1. The van der Waals surface area contributed by atoms with Crippen LogP contribution in [0.3, 0.4) is 0 Å². The molecule has 4 aromatic rings. The number of halogens is 6. The lowest BCUT2D eigenvalue weighted by Gasteiger charge is -2.31. The Labute approximate surface area is 269 Å². The summed E-state index contributed by atoms with van der Waals surface area (Å²) >= 11 is 6.06. The third-order valence-corrected chi connectivity index (χ3v) is 8.02. The zero-order chi connectivity index (χ0) is 34.3. The summed E-state index contributed by atoms with van der Waals surface area (Å²) < 4.78 is 85.5. The zero-order valence-corrected chi connectivity index (χ0v) is 26.0. The monoisotopic (exact) mass is 681 g/mol. The van der Waals surface area contributed by atoms with Gasteiger partial charge in [0.1, 0.15) is 22.7 Å². The predicted molar refractivity (Wildman–Crippen MR) is 160 cm³/mol. The number of nitrogens with one attached hydrogen (secondary N) is 2. The fraction of sp³-hybridized carbons (Fsp3) is 0.355. The van der Waals surface area contributed by atoms with Crippen molar-refractivity contribution in [3.8, 4) is 22.8 Å². The largest absolute Gasteiger partial charge is 0.494 e. The van der Waals surface area contributed by atoms with Crippen molar-refractivity contribution in [2.45, 2.75) is 44.0 Å². The number of aliphatic hydroxyl groups is 1. The average molecular weight is 682 g/mol. The van der Waals surface area contributed by atoms with Crippen molar-refractivity contribution < 1.29 is 46.1 Å². The molecule has 0 spiro atoms. The van der Waals surface area contributed by atoms with Crippen LogP contribution in [0.2, 0.25) is 5.02 Å². The molecule has 5 rings (SSSR count). The first-order valence-electron chi connectivity index (χ1n) is 14.4. The molecule has 2 aromatic heterocycles. The highest BCUT2D eigenvalue weighted by Crippen LogP contribution is 2.44. The van der Waals surface area contributed by atoms with E-state index in [9.17, 15) is 36.6 Å². The number of rotatable bonds is 11. The summed E-state index contributed by atoms with van der Waals surface area (Å²) in [6, 6.07) is 5.43. The summed E-state index contributed by atoms with van der Waals surface area (Å²) in [4.78, 5) is 29.6. The molecule has 10 nitrogen and oxygen atoms in total. The van der Waals surface area contributed by atoms with Gasteiger partial charge in [0.15, 0.2) is 11.6 Å². The van der Waals surface area contributed by atoms with E-state index in [-0.39, 0.29) is 40.8 Å². The molecule has 1 aliphatic rings. The number of alkyl halides is 3. The van der Waals surface area contributed by atoms with E-state index < -0.39 is 64.6 Å². The van der Waals surface area contributed by atoms with E-state index in [2.05, 4.69) is 20.7 Å². The number of hydrogen-bond acceptors (Lipinski definition) is 7. The Bertz CT molecular complexity index is 1860. The first kappa shape index (κ1) is 33.9. The quantitative estimate of drug-likeness (QED) is 0.146. The molecule has 2 amide bonds. The van der Waals surface area contributed by atoms with Crippen LogP contribution in [-0.4, -0.2) is 65.2 Å². The Morgan fingerprint density at radius 2 is 1.89 bits per heavy atom. The minimum atomic E-state index is -5.45. The molecular formula is C31H29ClF5N5O5. The summed E-state index contributed by atoms with van der Waals surface area (Å²) in [5.74, 6) is -4.48. The number of pyridine rings is 1. The van der Waals surface area contributed by atoms with Gasteiger partial charge < -0.3 is 25.2 Å². The van der Waals surface area contributed by atoms with Gasteiger partial charge in [0.2, 0.25) is 11.5 Å². The smallest absolute Gasteiger partial charge is 0.424 e. The van der Waals surface area contributed by atoms with Gasteiger partial charge in [0, 0.05) is 35.3 Å². The Morgan fingerprint density at radius 3 is 2.51 bits per heavy atom. The van der Waals surface area contributed by atoms with Crippen LogP contribution in [-0.2, 0) is 16.8 Å². The van der Waals surface area contributed by atoms with Crippen LogP contribution in [0.1, 0.15) is 47.4 Å². The number of aromatic nitrogens is 3. The molecule has 16 heteroatoms. The molecule has 3 N–H and O–H groups in total. The molecule has 1 fully saturated rings. The van der Waals surface area contributed by atoms with E-state index >= 15 is 0 Å². The second kappa shape index (κ2) is 13.0.